The van der Waals surface area contributed by atoms with Crippen molar-refractivity contribution in [2.75, 3.05) is 19.5 Å². The normalized spacial score (nSPS) is 11.6. The number of H-pyrrole nitrogens is 1. The second-order valence-corrected chi connectivity index (χ2v) is 5.64. The molecule has 0 aliphatic rings. The number of rotatable bonds is 6. The first-order chi connectivity index (χ1) is 12.4. The maximum atomic E-state index is 12.7. The zero-order valence-corrected chi connectivity index (χ0v) is 14.2. The summed E-state index contributed by atoms with van der Waals surface area (Å²) in [5, 5.41) is 7.10. The van der Waals surface area contributed by atoms with Crippen LogP contribution >= 0.6 is 0 Å². The number of nitrogens with one attached hydrogen (secondary N) is 3. The highest BCUT2D eigenvalue weighted by Crippen LogP contribution is 2.36. The summed E-state index contributed by atoms with van der Waals surface area (Å²) in [5.74, 6) is -0.0920. The first-order valence-electron chi connectivity index (χ1n) is 7.85. The number of anilines is 2. The molecule has 0 aliphatic heterocycles. The summed E-state index contributed by atoms with van der Waals surface area (Å²) in [4.78, 5) is 3.16. The van der Waals surface area contributed by atoms with Gasteiger partial charge in [-0.05, 0) is 36.9 Å². The molecule has 0 aliphatic carbocycles. The number of aromatic nitrogens is 1. The van der Waals surface area contributed by atoms with Crippen LogP contribution in [0.25, 0.3) is 10.9 Å². The minimum Gasteiger partial charge on any atom is -0.497 e. The third-order valence-electron chi connectivity index (χ3n) is 3.83. The first kappa shape index (κ1) is 17.9. The van der Waals surface area contributed by atoms with E-state index in [0.29, 0.717) is 5.69 Å². The Morgan fingerprint density at radius 2 is 1.92 bits per heavy atom. The Morgan fingerprint density at radius 3 is 2.62 bits per heavy atom. The molecule has 1 heterocycles. The van der Waals surface area contributed by atoms with E-state index in [-0.39, 0.29) is 17.2 Å². The van der Waals surface area contributed by atoms with E-state index in [1.807, 2.05) is 25.4 Å². The molecule has 3 rings (SSSR count). The molecule has 138 valence electrons. The van der Waals surface area contributed by atoms with Crippen molar-refractivity contribution in [2.24, 2.45) is 0 Å². The molecule has 1 aromatic heterocycles. The highest BCUT2D eigenvalue weighted by atomic mass is 19.4. The van der Waals surface area contributed by atoms with E-state index in [9.17, 15) is 13.2 Å². The Bertz CT molecular complexity index is 906. The fourth-order valence-electron chi connectivity index (χ4n) is 2.70. The Hall–Kier alpha value is -2.87. The Kier molecular flexibility index (Phi) is 4.94. The second-order valence-electron chi connectivity index (χ2n) is 5.64. The molecule has 0 saturated heterocycles. The van der Waals surface area contributed by atoms with Crippen molar-refractivity contribution >= 4 is 22.3 Å². The number of hydrogen-bond acceptors (Lipinski definition) is 4. The van der Waals surface area contributed by atoms with Crippen LogP contribution in [0.4, 0.5) is 24.5 Å². The van der Waals surface area contributed by atoms with Crippen LogP contribution in [-0.2, 0) is 6.54 Å². The van der Waals surface area contributed by atoms with E-state index in [1.54, 1.807) is 12.1 Å². The van der Waals surface area contributed by atoms with Gasteiger partial charge in [-0.25, -0.2) is 0 Å². The number of alkyl halides is 3. The van der Waals surface area contributed by atoms with Gasteiger partial charge in [-0.1, -0.05) is 6.07 Å². The molecule has 0 saturated carbocycles. The lowest BCUT2D eigenvalue weighted by Crippen LogP contribution is -2.18. The summed E-state index contributed by atoms with van der Waals surface area (Å²) in [6.45, 7) is 0.717. The Labute approximate surface area is 148 Å². The van der Waals surface area contributed by atoms with Crippen molar-refractivity contribution in [3.63, 3.8) is 0 Å². The SMILES string of the molecule is CNCc1c[nH]c2cc(Nc3ccc(OC)cc3OC(F)(F)F)ccc12. The van der Waals surface area contributed by atoms with Gasteiger partial charge < -0.3 is 25.1 Å². The molecular weight excluding hydrogens is 347 g/mol. The van der Waals surface area contributed by atoms with Gasteiger partial charge >= 0.3 is 6.36 Å². The van der Waals surface area contributed by atoms with E-state index >= 15 is 0 Å². The van der Waals surface area contributed by atoms with E-state index in [1.165, 1.54) is 19.2 Å². The predicted molar refractivity (Wildman–Crippen MR) is 94.0 cm³/mol. The summed E-state index contributed by atoms with van der Waals surface area (Å²) < 4.78 is 47.1. The number of benzene rings is 2. The summed E-state index contributed by atoms with van der Waals surface area (Å²) in [7, 11) is 3.24. The van der Waals surface area contributed by atoms with E-state index in [2.05, 4.69) is 20.4 Å². The number of aromatic amines is 1. The average molecular weight is 365 g/mol. The van der Waals surface area contributed by atoms with Crippen molar-refractivity contribution in [2.45, 2.75) is 12.9 Å². The van der Waals surface area contributed by atoms with E-state index < -0.39 is 6.36 Å². The fourth-order valence-corrected chi connectivity index (χ4v) is 2.70. The summed E-state index contributed by atoms with van der Waals surface area (Å²) in [6.07, 6.45) is -2.90. The number of halogens is 3. The van der Waals surface area contributed by atoms with Crippen molar-refractivity contribution in [1.82, 2.24) is 10.3 Å². The minimum atomic E-state index is -4.80. The number of ether oxygens (including phenoxy) is 2. The van der Waals surface area contributed by atoms with Gasteiger partial charge in [0.2, 0.25) is 0 Å². The fraction of sp³-hybridized carbons (Fsp3) is 0.222. The molecule has 0 atom stereocenters. The van der Waals surface area contributed by atoms with Gasteiger partial charge in [0.25, 0.3) is 0 Å². The quantitative estimate of drug-likeness (QED) is 0.600. The van der Waals surface area contributed by atoms with Crippen molar-refractivity contribution in [1.29, 1.82) is 0 Å². The molecule has 3 aromatic rings. The van der Waals surface area contributed by atoms with Crippen LogP contribution in [-0.4, -0.2) is 25.5 Å². The molecule has 0 radical (unpaired) electrons. The largest absolute Gasteiger partial charge is 0.573 e. The van der Waals surface area contributed by atoms with Crippen molar-refractivity contribution in [3.05, 3.63) is 48.2 Å². The first-order valence-corrected chi connectivity index (χ1v) is 7.85. The molecule has 5 nitrogen and oxygen atoms in total. The van der Waals surface area contributed by atoms with Crippen LogP contribution in [0.2, 0.25) is 0 Å². The zero-order chi connectivity index (χ0) is 18.7. The van der Waals surface area contributed by atoms with Crippen LogP contribution in [0.1, 0.15) is 5.56 Å². The topological polar surface area (TPSA) is 58.3 Å². The van der Waals surface area contributed by atoms with Crippen LogP contribution in [0, 0.1) is 0 Å². The van der Waals surface area contributed by atoms with E-state index in [4.69, 9.17) is 4.74 Å². The highest BCUT2D eigenvalue weighted by Gasteiger charge is 2.32. The molecule has 2 aromatic carbocycles. The highest BCUT2D eigenvalue weighted by molar-refractivity contribution is 5.87. The standard InChI is InChI=1S/C18H18F3N3O2/c1-22-9-11-10-23-16-7-12(3-5-14(11)16)24-15-6-4-13(25-2)8-17(15)26-18(19,20)21/h3-8,10,22-24H,9H2,1-2H3. The summed E-state index contributed by atoms with van der Waals surface area (Å²) >= 11 is 0. The molecule has 0 unspecified atom stereocenters. The zero-order valence-electron chi connectivity index (χ0n) is 14.2. The Morgan fingerprint density at radius 1 is 1.12 bits per heavy atom. The lowest BCUT2D eigenvalue weighted by atomic mass is 10.1. The van der Waals surface area contributed by atoms with Crippen LogP contribution < -0.4 is 20.1 Å². The molecule has 0 spiro atoms. The monoisotopic (exact) mass is 365 g/mol. The number of hydrogen-bond donors (Lipinski definition) is 3. The van der Waals surface area contributed by atoms with Gasteiger partial charge in [-0.3, -0.25) is 0 Å². The van der Waals surface area contributed by atoms with E-state index in [0.717, 1.165) is 23.0 Å². The van der Waals surface area contributed by atoms with Crippen LogP contribution in [0.3, 0.4) is 0 Å². The summed E-state index contributed by atoms with van der Waals surface area (Å²) in [6, 6.07) is 9.77. The smallest absolute Gasteiger partial charge is 0.497 e. The van der Waals surface area contributed by atoms with Gasteiger partial charge in [-0.2, -0.15) is 0 Å². The molecule has 0 amide bonds. The number of methoxy groups -OCH3 is 1. The maximum Gasteiger partial charge on any atom is 0.573 e. The Balaban J connectivity index is 1.91. The maximum absolute atomic E-state index is 12.7. The molecule has 8 heteroatoms. The average Bonchev–Trinajstić information content (AvgIpc) is 2.98. The van der Waals surface area contributed by atoms with Gasteiger partial charge in [-0.15, -0.1) is 13.2 Å². The molecular formula is C18H18F3N3O2. The lowest BCUT2D eigenvalue weighted by Gasteiger charge is -2.16. The lowest BCUT2D eigenvalue weighted by molar-refractivity contribution is -0.274. The number of fused-ring (bicyclic) bond motifs is 1. The van der Waals surface area contributed by atoms with Gasteiger partial charge in [0, 0.05) is 35.4 Å². The van der Waals surface area contributed by atoms with Crippen LogP contribution in [0.15, 0.2) is 42.6 Å². The van der Waals surface area contributed by atoms with Gasteiger partial charge in [0.1, 0.15) is 5.75 Å². The van der Waals surface area contributed by atoms with Gasteiger partial charge in [0.05, 0.1) is 12.8 Å². The van der Waals surface area contributed by atoms with Crippen molar-refractivity contribution in [3.8, 4) is 11.5 Å². The predicted octanol–water partition coefficient (Wildman–Crippen LogP) is 4.54. The molecule has 3 N–H and O–H groups in total. The minimum absolute atomic E-state index is 0.185. The molecule has 0 fully saturated rings. The molecule has 0 bridgehead atoms. The van der Waals surface area contributed by atoms with Gasteiger partial charge in [0.15, 0.2) is 5.75 Å². The van der Waals surface area contributed by atoms with Crippen LogP contribution in [0.5, 0.6) is 11.5 Å². The summed E-state index contributed by atoms with van der Waals surface area (Å²) in [5.41, 5.74) is 2.81. The third kappa shape index (κ3) is 4.02. The molecule has 26 heavy (non-hydrogen) atoms. The second kappa shape index (κ2) is 7.17. The third-order valence-corrected chi connectivity index (χ3v) is 3.83. The van der Waals surface area contributed by atoms with Crippen molar-refractivity contribution < 1.29 is 22.6 Å².